The Labute approximate surface area is 76.1 Å². The van der Waals surface area contributed by atoms with Crippen molar-refractivity contribution in [1.29, 1.82) is 0 Å². The Kier molecular flexibility index (Phi) is 23.5. The van der Waals surface area contributed by atoms with Crippen LogP contribution in [-0.2, 0) is 0 Å². The molecule has 0 aliphatic carbocycles. The Morgan fingerprint density at radius 3 is 1.58 bits per heavy atom. The first-order valence-electron chi connectivity index (χ1n) is 3.40. The molecule has 0 unspecified atom stereocenters. The molecule has 0 heterocycles. The largest absolute Gasteiger partial charge is 0.399 e. The molecule has 7 N–H and O–H groups in total. The van der Waals surface area contributed by atoms with E-state index in [1.165, 1.54) is 0 Å². The predicted octanol–water partition coefficient (Wildman–Crippen LogP) is 2.97. The second kappa shape index (κ2) is 16.5. The van der Waals surface area contributed by atoms with E-state index in [-0.39, 0.29) is 9.00 Å². The molecule has 0 radical (unpaired) electrons. The van der Waals surface area contributed by atoms with Crippen LogP contribution in [0.2, 0.25) is 0 Å². The van der Waals surface area contributed by atoms with Gasteiger partial charge in [-0.25, -0.2) is 0 Å². The van der Waals surface area contributed by atoms with Crippen LogP contribution < -0.4 is 11.9 Å². The van der Waals surface area contributed by atoms with Crippen molar-refractivity contribution in [2.75, 3.05) is 5.73 Å². The smallest absolute Gasteiger partial charge is 0.0313 e. The van der Waals surface area contributed by atoms with Gasteiger partial charge in [0.1, 0.15) is 0 Å². The molecule has 0 aliphatic rings. The lowest BCUT2D eigenvalue weighted by Gasteiger charge is -1.83. The Morgan fingerprint density at radius 1 is 1.08 bits per heavy atom. The Bertz CT molecular complexity index is 153. The number of nitrogen functional groups attached to an aromatic ring is 1. The molecule has 0 fully saturated rings. The van der Waals surface area contributed by atoms with Crippen LogP contribution in [0.1, 0.15) is 16.7 Å². The quantitative estimate of drug-likeness (QED) is 0.278. The summed E-state index contributed by atoms with van der Waals surface area (Å²) in [4.78, 5) is 0. The molecule has 0 bridgehead atoms. The van der Waals surface area contributed by atoms with Gasteiger partial charge >= 0.3 is 0 Å². The van der Waals surface area contributed by atoms with Crippen molar-refractivity contribution in [2.45, 2.75) is 13.8 Å². The first kappa shape index (κ1) is 17.1. The fraction of sp³-hybridized carbons (Fsp3) is 0.250. The van der Waals surface area contributed by atoms with Crippen molar-refractivity contribution in [3.63, 3.8) is 0 Å². The summed E-state index contributed by atoms with van der Waals surface area (Å²) in [6.45, 7) is 4.00. The first-order valence-corrected chi connectivity index (χ1v) is 3.40. The van der Waals surface area contributed by atoms with Gasteiger partial charge < -0.3 is 11.9 Å². The second-order valence-corrected chi connectivity index (χ2v) is 1.41. The number of benzene rings is 1. The van der Waals surface area contributed by atoms with Crippen molar-refractivity contribution in [3.8, 4) is 0 Å². The molecule has 12 heavy (non-hydrogen) atoms. The van der Waals surface area contributed by atoms with E-state index < -0.39 is 0 Å². The molecule has 0 aliphatic heterocycles. The molecule has 0 atom stereocenters. The average molecular weight is 178 g/mol. The molecule has 1 aromatic rings. The Balaban J connectivity index is -0.0000000350. The van der Waals surface area contributed by atoms with Crippen molar-refractivity contribution in [3.05, 3.63) is 30.3 Å². The minimum atomic E-state index is 0. The molecule has 1 aromatic carbocycles. The normalized spacial score (nSPS) is 6.00. The van der Waals surface area contributed by atoms with Gasteiger partial charge in [-0.2, -0.15) is 0 Å². The first-order chi connectivity index (χ1) is 5.39. The van der Waals surface area contributed by atoms with E-state index in [9.17, 15) is 0 Å². The monoisotopic (exact) mass is 178 g/mol. The summed E-state index contributed by atoms with van der Waals surface area (Å²) in [6.07, 6.45) is 0. The lowest BCUT2D eigenvalue weighted by atomic mass is 10.3. The van der Waals surface area contributed by atoms with Crippen LogP contribution >= 0.6 is 0 Å². The summed E-state index contributed by atoms with van der Waals surface area (Å²) in [7, 11) is 0. The maximum atomic E-state index is 6.00. The number of para-hydroxylation sites is 1. The molecule has 1 rings (SSSR count). The highest BCUT2D eigenvalue weighted by atomic mass is 17.0. The Morgan fingerprint density at radius 2 is 1.42 bits per heavy atom. The third-order valence-electron chi connectivity index (χ3n) is 0.800. The van der Waals surface area contributed by atoms with Crippen LogP contribution in [0, 0.1) is 0 Å². The molecular formula is C8H22N2O2. The molecule has 0 spiro atoms. The summed E-state index contributed by atoms with van der Waals surface area (Å²) in [5, 5.41) is 12.0. The summed E-state index contributed by atoms with van der Waals surface area (Å²) in [5.41, 5.74) is 6.18. The molecule has 0 amide bonds. The highest BCUT2D eigenvalue weighted by Gasteiger charge is 1.72. The van der Waals surface area contributed by atoms with Crippen molar-refractivity contribution in [2.24, 2.45) is 0 Å². The maximum absolute atomic E-state index is 6.00. The minimum absolute atomic E-state index is 0. The van der Waals surface area contributed by atoms with Crippen LogP contribution in [0.3, 0.4) is 0 Å². The van der Waals surface area contributed by atoms with Gasteiger partial charge in [-0.15, -0.1) is 0 Å². The third kappa shape index (κ3) is 11.7. The van der Waals surface area contributed by atoms with Crippen LogP contribution in [0.4, 0.5) is 5.69 Å². The van der Waals surface area contributed by atoms with Gasteiger partial charge in [0.15, 0.2) is 0 Å². The third-order valence-corrected chi connectivity index (χ3v) is 0.800. The predicted molar refractivity (Wildman–Crippen MR) is 56.7 cm³/mol. The maximum Gasteiger partial charge on any atom is 0.0313 e. The number of hydrogen-bond donors (Lipinski definition) is 4. The van der Waals surface area contributed by atoms with Crippen molar-refractivity contribution in [1.82, 2.24) is 6.15 Å². The molecule has 76 valence electrons. The molecule has 4 heteroatoms. The molecule has 0 saturated heterocycles. The molecule has 0 aromatic heterocycles. The summed E-state index contributed by atoms with van der Waals surface area (Å²) in [6, 6.07) is 9.49. The van der Waals surface area contributed by atoms with Gasteiger partial charge in [-0.3, -0.25) is 10.5 Å². The highest BCUT2D eigenvalue weighted by molar-refractivity contribution is 5.35. The van der Waals surface area contributed by atoms with Gasteiger partial charge in [-0.05, 0) is 12.1 Å². The van der Waals surface area contributed by atoms with Crippen molar-refractivity contribution >= 4 is 5.69 Å². The summed E-state index contributed by atoms with van der Waals surface area (Å²) in [5.74, 6) is 0. The molecular weight excluding hydrogens is 156 g/mol. The van der Waals surface area contributed by atoms with E-state index in [4.69, 9.17) is 16.2 Å². The zero-order chi connectivity index (χ0) is 9.11. The van der Waals surface area contributed by atoms with Crippen LogP contribution in [0.15, 0.2) is 30.3 Å². The zero-order valence-electron chi connectivity index (χ0n) is 7.57. The van der Waals surface area contributed by atoms with Gasteiger partial charge in [0, 0.05) is 8.54 Å². The van der Waals surface area contributed by atoms with Crippen LogP contribution in [0.5, 0.6) is 0 Å². The van der Waals surface area contributed by atoms with E-state index in [1.807, 2.05) is 44.2 Å². The molecule has 4 nitrogen and oxygen atoms in total. The van der Waals surface area contributed by atoms with Gasteiger partial charge in [-0.1, -0.05) is 32.0 Å². The summed E-state index contributed by atoms with van der Waals surface area (Å²) >= 11 is 0. The minimum Gasteiger partial charge on any atom is -0.399 e. The lowest BCUT2D eigenvalue weighted by molar-refractivity contribution is -0.176. The van der Waals surface area contributed by atoms with Gasteiger partial charge in [0.25, 0.3) is 0 Å². The molecule has 0 saturated carbocycles. The van der Waals surface area contributed by atoms with E-state index in [0.29, 0.717) is 0 Å². The number of rotatable bonds is 0. The van der Waals surface area contributed by atoms with Crippen LogP contribution in [0.25, 0.3) is 0 Å². The van der Waals surface area contributed by atoms with E-state index in [1.54, 1.807) is 0 Å². The van der Waals surface area contributed by atoms with Gasteiger partial charge in [0.2, 0.25) is 0 Å². The zero-order valence-corrected chi connectivity index (χ0v) is 7.57. The van der Waals surface area contributed by atoms with Gasteiger partial charge in [0.05, 0.1) is 0 Å². The number of nitrogens with two attached hydrogens (primary N) is 1. The van der Waals surface area contributed by atoms with Crippen molar-refractivity contribution < 1.29 is 13.4 Å². The fourth-order valence-electron chi connectivity index (χ4n) is 0.453. The lowest BCUT2D eigenvalue weighted by Crippen LogP contribution is -1.79. The Hall–Kier alpha value is -1.10. The number of hydrogen-bond acceptors (Lipinski definition) is 4. The highest BCUT2D eigenvalue weighted by Crippen LogP contribution is 1.95. The standard InChI is InChI=1S/C6H7N.C2H6.H3N.H2O2.2H2/c7-6-4-2-1-3-5-6;1-2;;1-2;;/h1-5H,7H2;1-2H3;1H3;1-2H;2*1H. The van der Waals surface area contributed by atoms with E-state index >= 15 is 0 Å². The van der Waals surface area contributed by atoms with E-state index in [0.717, 1.165) is 5.69 Å². The van der Waals surface area contributed by atoms with E-state index in [2.05, 4.69) is 0 Å². The van der Waals surface area contributed by atoms with Crippen LogP contribution in [-0.4, -0.2) is 10.5 Å². The fourth-order valence-corrected chi connectivity index (χ4v) is 0.453. The topological polar surface area (TPSA) is 101 Å². The number of anilines is 1. The average Bonchev–Trinajstić information content (AvgIpc) is 2.13. The second-order valence-electron chi connectivity index (χ2n) is 1.41. The SMILES string of the molecule is CC.N.Nc1ccccc1.OO.[HH].[HH]. The summed E-state index contributed by atoms with van der Waals surface area (Å²) < 4.78 is 0.